The molecule has 166 valence electrons. The molecule has 0 spiro atoms. The van der Waals surface area contributed by atoms with Crippen molar-refractivity contribution in [2.45, 2.75) is 58.5 Å². The molecular formula is C22H31NO7. The van der Waals surface area contributed by atoms with Gasteiger partial charge in [-0.2, -0.15) is 0 Å². The van der Waals surface area contributed by atoms with Gasteiger partial charge in [0.25, 0.3) is 0 Å². The predicted octanol–water partition coefficient (Wildman–Crippen LogP) is 2.73. The lowest BCUT2D eigenvalue weighted by Crippen LogP contribution is -2.48. The number of carbonyl (C=O) groups excluding carboxylic acids is 3. The predicted molar refractivity (Wildman–Crippen MR) is 109 cm³/mol. The van der Waals surface area contributed by atoms with Crippen LogP contribution >= 0.6 is 0 Å². The molecule has 0 saturated carbocycles. The summed E-state index contributed by atoms with van der Waals surface area (Å²) < 4.78 is 21.5. The van der Waals surface area contributed by atoms with Crippen LogP contribution in [0.3, 0.4) is 0 Å². The number of esters is 2. The second-order valence-corrected chi connectivity index (χ2v) is 6.75. The van der Waals surface area contributed by atoms with Crippen molar-refractivity contribution in [2.75, 3.05) is 26.4 Å². The molecule has 1 aromatic carbocycles. The van der Waals surface area contributed by atoms with Gasteiger partial charge in [0.1, 0.15) is 12.1 Å². The van der Waals surface area contributed by atoms with Crippen molar-refractivity contribution < 1.29 is 33.3 Å². The van der Waals surface area contributed by atoms with Gasteiger partial charge in [-0.15, -0.1) is 0 Å². The number of ether oxygens (including phenoxy) is 4. The van der Waals surface area contributed by atoms with E-state index in [2.05, 4.69) is 0 Å². The zero-order valence-electron chi connectivity index (χ0n) is 17.9. The Morgan fingerprint density at radius 1 is 0.867 bits per heavy atom. The molecule has 2 rings (SSSR count). The molecule has 8 heteroatoms. The molecule has 0 unspecified atom stereocenters. The molecule has 1 amide bonds. The number of hydrogen-bond donors (Lipinski definition) is 0. The van der Waals surface area contributed by atoms with Crippen LogP contribution < -0.4 is 9.47 Å². The Balaban J connectivity index is 1.97. The molecule has 0 radical (unpaired) electrons. The number of amides is 1. The van der Waals surface area contributed by atoms with Gasteiger partial charge >= 0.3 is 11.9 Å². The van der Waals surface area contributed by atoms with Crippen molar-refractivity contribution >= 4 is 17.8 Å². The Hall–Kier alpha value is -2.77. The van der Waals surface area contributed by atoms with Crippen LogP contribution in [-0.4, -0.2) is 61.3 Å². The van der Waals surface area contributed by atoms with Crippen molar-refractivity contribution in [2.24, 2.45) is 0 Å². The van der Waals surface area contributed by atoms with E-state index in [9.17, 15) is 14.4 Å². The van der Waals surface area contributed by atoms with Crippen LogP contribution in [0, 0.1) is 0 Å². The lowest BCUT2D eigenvalue weighted by atomic mass is 10.2. The monoisotopic (exact) mass is 421 g/mol. The molecule has 1 aliphatic heterocycles. The van der Waals surface area contributed by atoms with Gasteiger partial charge in [0, 0.05) is 6.42 Å². The third kappa shape index (κ3) is 6.11. The van der Waals surface area contributed by atoms with Crippen LogP contribution in [0.4, 0.5) is 0 Å². The van der Waals surface area contributed by atoms with Gasteiger partial charge in [-0.25, -0.2) is 9.59 Å². The molecule has 1 heterocycles. The fourth-order valence-electron chi connectivity index (χ4n) is 3.48. The first kappa shape index (κ1) is 23.5. The summed E-state index contributed by atoms with van der Waals surface area (Å²) in [5, 5.41) is 0. The fraction of sp³-hybridized carbons (Fsp3) is 0.591. The van der Waals surface area contributed by atoms with Gasteiger partial charge in [0.2, 0.25) is 5.91 Å². The number of benzene rings is 1. The van der Waals surface area contributed by atoms with Crippen molar-refractivity contribution in [1.29, 1.82) is 0 Å². The highest BCUT2D eigenvalue weighted by Crippen LogP contribution is 2.28. The van der Waals surface area contributed by atoms with Crippen LogP contribution in [0.1, 0.15) is 46.5 Å². The molecule has 0 N–H and O–H groups in total. The van der Waals surface area contributed by atoms with Crippen molar-refractivity contribution in [3.63, 3.8) is 0 Å². The Labute approximate surface area is 177 Å². The Kier molecular flexibility index (Phi) is 9.44. The molecule has 2 atom stereocenters. The SMILES string of the molecule is CCOC(=O)[C@H]1CC[C@@H](C(=O)OCC)N1C(=O)CCCOc1ccccc1OCC. The van der Waals surface area contributed by atoms with Gasteiger partial charge in [0.15, 0.2) is 11.5 Å². The molecule has 0 bridgehead atoms. The quantitative estimate of drug-likeness (QED) is 0.401. The van der Waals surface area contributed by atoms with Crippen molar-refractivity contribution in [1.82, 2.24) is 4.90 Å². The van der Waals surface area contributed by atoms with Crippen LogP contribution in [-0.2, 0) is 23.9 Å². The zero-order valence-corrected chi connectivity index (χ0v) is 17.9. The zero-order chi connectivity index (χ0) is 21.9. The first-order valence-corrected chi connectivity index (χ1v) is 10.5. The summed E-state index contributed by atoms with van der Waals surface area (Å²) in [7, 11) is 0. The average molecular weight is 421 g/mol. The molecule has 1 fully saturated rings. The van der Waals surface area contributed by atoms with Crippen LogP contribution in [0.15, 0.2) is 24.3 Å². The van der Waals surface area contributed by atoms with Gasteiger partial charge < -0.3 is 23.8 Å². The largest absolute Gasteiger partial charge is 0.490 e. The van der Waals surface area contributed by atoms with Gasteiger partial charge in [-0.3, -0.25) is 4.79 Å². The highest BCUT2D eigenvalue weighted by Gasteiger charge is 2.45. The highest BCUT2D eigenvalue weighted by molar-refractivity contribution is 5.90. The molecule has 30 heavy (non-hydrogen) atoms. The molecule has 1 saturated heterocycles. The van der Waals surface area contributed by atoms with E-state index >= 15 is 0 Å². The fourth-order valence-corrected chi connectivity index (χ4v) is 3.48. The summed E-state index contributed by atoms with van der Waals surface area (Å²) in [5.74, 6) is 0.00164. The summed E-state index contributed by atoms with van der Waals surface area (Å²) in [5.41, 5.74) is 0. The smallest absolute Gasteiger partial charge is 0.328 e. The molecule has 0 aromatic heterocycles. The second-order valence-electron chi connectivity index (χ2n) is 6.75. The van der Waals surface area contributed by atoms with E-state index in [0.717, 1.165) is 0 Å². The molecular weight excluding hydrogens is 390 g/mol. The Morgan fingerprint density at radius 3 is 1.90 bits per heavy atom. The Morgan fingerprint density at radius 2 is 1.40 bits per heavy atom. The van der Waals surface area contributed by atoms with Crippen LogP contribution in [0.25, 0.3) is 0 Å². The van der Waals surface area contributed by atoms with Crippen molar-refractivity contribution in [3.05, 3.63) is 24.3 Å². The molecule has 1 aliphatic rings. The maximum Gasteiger partial charge on any atom is 0.328 e. The minimum absolute atomic E-state index is 0.141. The normalized spacial score (nSPS) is 18.0. The number of para-hydroxylation sites is 2. The van der Waals surface area contributed by atoms with Gasteiger partial charge in [-0.1, -0.05) is 12.1 Å². The standard InChI is InChI=1S/C22H31NO7/c1-4-27-18-10-7-8-11-19(18)30-15-9-12-20(24)23-16(21(25)28-5-2)13-14-17(23)22(26)29-6-3/h7-8,10-11,16-17H,4-6,9,12-15H2,1-3H3/t16-,17+. The first-order valence-electron chi connectivity index (χ1n) is 10.5. The highest BCUT2D eigenvalue weighted by atomic mass is 16.5. The minimum Gasteiger partial charge on any atom is -0.490 e. The summed E-state index contributed by atoms with van der Waals surface area (Å²) in [6, 6.07) is 5.82. The summed E-state index contributed by atoms with van der Waals surface area (Å²) >= 11 is 0. The maximum atomic E-state index is 12.9. The molecule has 1 aromatic rings. The van der Waals surface area contributed by atoms with Crippen LogP contribution in [0.5, 0.6) is 11.5 Å². The third-order valence-electron chi connectivity index (χ3n) is 4.73. The van der Waals surface area contributed by atoms with E-state index in [0.29, 0.717) is 44.0 Å². The van der Waals surface area contributed by atoms with E-state index in [1.54, 1.807) is 19.9 Å². The number of carbonyl (C=O) groups is 3. The molecule has 8 nitrogen and oxygen atoms in total. The number of likely N-dealkylation sites (tertiary alicyclic amines) is 1. The Bertz CT molecular complexity index is 695. The van der Waals surface area contributed by atoms with Gasteiger partial charge in [-0.05, 0) is 52.2 Å². The maximum absolute atomic E-state index is 12.9. The van der Waals surface area contributed by atoms with Crippen LogP contribution in [0.2, 0.25) is 0 Å². The van der Waals surface area contributed by atoms with E-state index in [1.165, 1.54) is 4.90 Å². The summed E-state index contributed by atoms with van der Waals surface area (Å²) in [6.07, 6.45) is 1.34. The van der Waals surface area contributed by atoms with E-state index < -0.39 is 24.0 Å². The van der Waals surface area contributed by atoms with E-state index in [4.69, 9.17) is 18.9 Å². The topological polar surface area (TPSA) is 91.4 Å². The lowest BCUT2D eigenvalue weighted by molar-refractivity contribution is -0.160. The number of nitrogens with zero attached hydrogens (tertiary/aromatic N) is 1. The number of hydrogen-bond acceptors (Lipinski definition) is 7. The van der Waals surface area contributed by atoms with E-state index in [-0.39, 0.29) is 25.5 Å². The second kappa shape index (κ2) is 12.0. The summed E-state index contributed by atoms with van der Waals surface area (Å²) in [6.45, 7) is 6.57. The van der Waals surface area contributed by atoms with E-state index in [1.807, 2.05) is 25.1 Å². The van der Waals surface area contributed by atoms with Crippen molar-refractivity contribution in [3.8, 4) is 11.5 Å². The minimum atomic E-state index is -0.758. The molecule has 0 aliphatic carbocycles. The van der Waals surface area contributed by atoms with Gasteiger partial charge in [0.05, 0.1) is 26.4 Å². The summed E-state index contributed by atoms with van der Waals surface area (Å²) in [4.78, 5) is 38.8. The lowest BCUT2D eigenvalue weighted by Gasteiger charge is -2.28. The average Bonchev–Trinajstić information content (AvgIpc) is 3.18. The first-order chi connectivity index (χ1) is 14.5. The third-order valence-corrected chi connectivity index (χ3v) is 4.73. The number of rotatable bonds is 11.